The summed E-state index contributed by atoms with van der Waals surface area (Å²) in [6.07, 6.45) is 5.10. The summed E-state index contributed by atoms with van der Waals surface area (Å²) in [7, 11) is 0. The molecule has 1 heterocycles. The van der Waals surface area contributed by atoms with Crippen molar-refractivity contribution in [3.05, 3.63) is 29.3 Å². The second-order valence-corrected chi connectivity index (χ2v) is 7.51. The van der Waals surface area contributed by atoms with E-state index in [0.29, 0.717) is 17.7 Å². The van der Waals surface area contributed by atoms with Crippen LogP contribution in [0.2, 0.25) is 5.02 Å². The predicted molar refractivity (Wildman–Crippen MR) is 89.2 cm³/mol. The summed E-state index contributed by atoms with van der Waals surface area (Å²) in [5.41, 5.74) is 1.21. The third-order valence-corrected chi connectivity index (χ3v) is 6.09. The molecule has 1 aliphatic heterocycles. The molecule has 0 N–H and O–H groups in total. The molecule has 1 aromatic rings. The number of anilines is 1. The van der Waals surface area contributed by atoms with Gasteiger partial charge in [0.05, 0.1) is 0 Å². The van der Waals surface area contributed by atoms with Gasteiger partial charge in [-0.25, -0.2) is 0 Å². The van der Waals surface area contributed by atoms with E-state index in [0.717, 1.165) is 43.5 Å². The minimum atomic E-state index is 0.334. The first kappa shape index (κ1) is 14.4. The van der Waals surface area contributed by atoms with Crippen molar-refractivity contribution < 1.29 is 4.79 Å². The Kier molecular flexibility index (Phi) is 3.77. The van der Waals surface area contributed by atoms with Gasteiger partial charge in [-0.15, -0.1) is 0 Å². The molecule has 0 radical (unpaired) electrons. The summed E-state index contributed by atoms with van der Waals surface area (Å²) in [6.45, 7) is 3.56. The van der Waals surface area contributed by atoms with E-state index in [1.165, 1.54) is 24.9 Å². The van der Waals surface area contributed by atoms with Crippen LogP contribution in [0.1, 0.15) is 25.7 Å². The van der Waals surface area contributed by atoms with Gasteiger partial charge in [0.15, 0.2) is 0 Å². The largest absolute Gasteiger partial charge is 0.368 e. The Morgan fingerprint density at radius 2 is 1.73 bits per heavy atom. The van der Waals surface area contributed by atoms with Crippen molar-refractivity contribution >= 4 is 23.2 Å². The van der Waals surface area contributed by atoms with Crippen LogP contribution in [0.5, 0.6) is 0 Å². The topological polar surface area (TPSA) is 23.6 Å². The van der Waals surface area contributed by atoms with E-state index in [4.69, 9.17) is 11.6 Å². The van der Waals surface area contributed by atoms with Crippen LogP contribution in [0.15, 0.2) is 24.3 Å². The number of piperazine rings is 1. The molecule has 3 fully saturated rings. The lowest BCUT2D eigenvalue weighted by atomic mass is 9.87. The molecule has 0 unspecified atom stereocenters. The fourth-order valence-electron chi connectivity index (χ4n) is 4.62. The molecule has 1 amide bonds. The van der Waals surface area contributed by atoms with Crippen LogP contribution in [0.3, 0.4) is 0 Å². The number of halogens is 1. The Balaban J connectivity index is 1.35. The van der Waals surface area contributed by atoms with Crippen molar-refractivity contribution in [3.8, 4) is 0 Å². The summed E-state index contributed by atoms with van der Waals surface area (Å²) in [4.78, 5) is 17.2. The zero-order chi connectivity index (χ0) is 15.1. The lowest BCUT2D eigenvalue weighted by Crippen LogP contribution is -2.51. The summed E-state index contributed by atoms with van der Waals surface area (Å²) in [5.74, 6) is 2.30. The number of benzene rings is 1. The molecule has 2 bridgehead atoms. The van der Waals surface area contributed by atoms with Crippen molar-refractivity contribution in [3.63, 3.8) is 0 Å². The Bertz CT molecular complexity index is 551. The van der Waals surface area contributed by atoms with Crippen molar-refractivity contribution in [2.24, 2.45) is 17.8 Å². The highest BCUT2D eigenvalue weighted by atomic mass is 35.5. The zero-order valence-corrected chi connectivity index (χ0v) is 13.6. The van der Waals surface area contributed by atoms with E-state index in [1.54, 1.807) is 0 Å². The summed E-state index contributed by atoms with van der Waals surface area (Å²) >= 11 is 5.95. The second kappa shape index (κ2) is 5.77. The summed E-state index contributed by atoms with van der Waals surface area (Å²) < 4.78 is 0. The smallest absolute Gasteiger partial charge is 0.226 e. The number of carbonyl (C=O) groups excluding carboxylic acids is 1. The minimum absolute atomic E-state index is 0.334. The molecule has 1 aromatic carbocycles. The molecule has 2 aliphatic carbocycles. The maximum atomic E-state index is 12.8. The average Bonchev–Trinajstić information content (AvgIpc) is 3.18. The zero-order valence-electron chi connectivity index (χ0n) is 12.9. The number of carbonyl (C=O) groups is 1. The lowest BCUT2D eigenvalue weighted by molar-refractivity contribution is -0.137. The molecule has 22 heavy (non-hydrogen) atoms. The van der Waals surface area contributed by atoms with E-state index in [1.807, 2.05) is 12.1 Å². The Hall–Kier alpha value is -1.22. The lowest BCUT2D eigenvalue weighted by Gasteiger charge is -2.38. The van der Waals surface area contributed by atoms with Crippen LogP contribution in [0, 0.1) is 17.8 Å². The normalized spacial score (nSPS) is 30.9. The van der Waals surface area contributed by atoms with Gasteiger partial charge >= 0.3 is 0 Å². The number of rotatable bonds is 2. The maximum absolute atomic E-state index is 12.8. The first-order chi connectivity index (χ1) is 10.7. The van der Waals surface area contributed by atoms with Crippen molar-refractivity contribution in [2.75, 3.05) is 31.1 Å². The highest BCUT2D eigenvalue weighted by molar-refractivity contribution is 6.30. The van der Waals surface area contributed by atoms with Crippen molar-refractivity contribution in [2.45, 2.75) is 25.7 Å². The van der Waals surface area contributed by atoms with Gasteiger partial charge in [0.2, 0.25) is 5.91 Å². The van der Waals surface area contributed by atoms with Crippen LogP contribution in [0.4, 0.5) is 5.69 Å². The number of hydrogen-bond donors (Lipinski definition) is 0. The van der Waals surface area contributed by atoms with Gasteiger partial charge in [-0.1, -0.05) is 18.0 Å². The van der Waals surface area contributed by atoms with E-state index in [9.17, 15) is 4.79 Å². The van der Waals surface area contributed by atoms with Crippen LogP contribution < -0.4 is 4.90 Å². The predicted octanol–water partition coefficient (Wildman–Crippen LogP) is 3.42. The monoisotopic (exact) mass is 318 g/mol. The molecule has 3 atom stereocenters. The van der Waals surface area contributed by atoms with Gasteiger partial charge in [0, 0.05) is 42.8 Å². The standard InChI is InChI=1S/C18H23ClN2O/c19-15-3-5-16(6-4-15)20-7-9-21(10-8-20)18(22)17-12-13-1-2-14(17)11-13/h3-6,13-14,17H,1-2,7-12H2/t13-,14+,17-/m0/s1. The first-order valence-corrected chi connectivity index (χ1v) is 8.88. The van der Waals surface area contributed by atoms with Gasteiger partial charge in [0.25, 0.3) is 0 Å². The first-order valence-electron chi connectivity index (χ1n) is 8.50. The molecule has 2 saturated carbocycles. The number of amides is 1. The molecule has 4 heteroatoms. The molecule has 3 nitrogen and oxygen atoms in total. The molecule has 4 rings (SSSR count). The third kappa shape index (κ3) is 2.60. The SMILES string of the molecule is O=C([C@H]1C[C@H]2CC[C@@H]1C2)N1CCN(c2ccc(Cl)cc2)CC1. The maximum Gasteiger partial charge on any atom is 0.226 e. The Morgan fingerprint density at radius 1 is 1.00 bits per heavy atom. The van der Waals surface area contributed by atoms with E-state index < -0.39 is 0 Å². The minimum Gasteiger partial charge on any atom is -0.368 e. The van der Waals surface area contributed by atoms with Gasteiger partial charge in [-0.3, -0.25) is 4.79 Å². The Morgan fingerprint density at radius 3 is 2.32 bits per heavy atom. The van der Waals surface area contributed by atoms with E-state index >= 15 is 0 Å². The van der Waals surface area contributed by atoms with Gasteiger partial charge in [0.1, 0.15) is 0 Å². The Labute approximate surface area is 137 Å². The van der Waals surface area contributed by atoms with Crippen LogP contribution in [-0.2, 0) is 4.79 Å². The molecule has 118 valence electrons. The second-order valence-electron chi connectivity index (χ2n) is 7.07. The molecule has 0 spiro atoms. The number of hydrogen-bond acceptors (Lipinski definition) is 2. The summed E-state index contributed by atoms with van der Waals surface area (Å²) in [5, 5.41) is 0.772. The fourth-order valence-corrected chi connectivity index (χ4v) is 4.74. The molecule has 1 saturated heterocycles. The molecule has 3 aliphatic rings. The van der Waals surface area contributed by atoms with Crippen LogP contribution >= 0.6 is 11.6 Å². The number of nitrogens with zero attached hydrogens (tertiary/aromatic N) is 2. The highest BCUT2D eigenvalue weighted by Gasteiger charge is 2.44. The van der Waals surface area contributed by atoms with Crippen molar-refractivity contribution in [1.29, 1.82) is 0 Å². The number of fused-ring (bicyclic) bond motifs is 2. The molecular weight excluding hydrogens is 296 g/mol. The third-order valence-electron chi connectivity index (χ3n) is 5.84. The molecule has 0 aromatic heterocycles. The van der Waals surface area contributed by atoms with Crippen molar-refractivity contribution in [1.82, 2.24) is 4.90 Å². The quantitative estimate of drug-likeness (QED) is 0.834. The van der Waals surface area contributed by atoms with Gasteiger partial charge < -0.3 is 9.80 Å². The van der Waals surface area contributed by atoms with Crippen LogP contribution in [-0.4, -0.2) is 37.0 Å². The molecular formula is C18H23ClN2O. The highest BCUT2D eigenvalue weighted by Crippen LogP contribution is 2.48. The van der Waals surface area contributed by atoms with E-state index in [-0.39, 0.29) is 0 Å². The average molecular weight is 319 g/mol. The van der Waals surface area contributed by atoms with Crippen LogP contribution in [0.25, 0.3) is 0 Å². The fraction of sp³-hybridized carbons (Fsp3) is 0.611. The summed E-state index contributed by atoms with van der Waals surface area (Å²) in [6, 6.07) is 8.00. The van der Waals surface area contributed by atoms with E-state index in [2.05, 4.69) is 21.9 Å². The van der Waals surface area contributed by atoms with Gasteiger partial charge in [-0.2, -0.15) is 0 Å². The van der Waals surface area contributed by atoms with Gasteiger partial charge in [-0.05, 0) is 55.4 Å².